The van der Waals surface area contributed by atoms with Crippen molar-refractivity contribution >= 4 is 5.69 Å². The molecule has 1 saturated heterocycles. The number of aryl methyl sites for hydroxylation is 1. The first kappa shape index (κ1) is 11.4. The normalized spacial score (nSPS) is 20.4. The average Bonchev–Trinajstić information content (AvgIpc) is 2.78. The molecule has 1 fully saturated rings. The first-order valence-corrected chi connectivity index (χ1v) is 5.99. The molecule has 3 heteroatoms. The monoisotopic (exact) mass is 220 g/mol. The molecule has 1 atom stereocenters. The van der Waals surface area contributed by atoms with Gasteiger partial charge in [0.15, 0.2) is 0 Å². The Labute approximate surface area is 97.1 Å². The molecule has 0 radical (unpaired) electrons. The van der Waals surface area contributed by atoms with E-state index in [-0.39, 0.29) is 0 Å². The lowest BCUT2D eigenvalue weighted by Gasteiger charge is -2.21. The van der Waals surface area contributed by atoms with Crippen molar-refractivity contribution in [3.63, 3.8) is 0 Å². The lowest BCUT2D eigenvalue weighted by Crippen LogP contribution is -2.22. The molecule has 0 aliphatic carbocycles. The Bertz CT molecular complexity index is 340. The van der Waals surface area contributed by atoms with Crippen molar-refractivity contribution in [3.05, 3.63) is 29.8 Å². The van der Waals surface area contributed by atoms with E-state index in [1.54, 1.807) is 0 Å². The van der Waals surface area contributed by atoms with Gasteiger partial charge >= 0.3 is 0 Å². The van der Waals surface area contributed by atoms with E-state index in [9.17, 15) is 0 Å². The van der Waals surface area contributed by atoms with Crippen molar-refractivity contribution in [2.75, 3.05) is 24.6 Å². The van der Waals surface area contributed by atoms with Gasteiger partial charge in [-0.15, -0.1) is 0 Å². The highest BCUT2D eigenvalue weighted by Crippen LogP contribution is 2.27. The van der Waals surface area contributed by atoms with Gasteiger partial charge in [-0.05, 0) is 24.5 Å². The van der Waals surface area contributed by atoms with Crippen LogP contribution in [0.5, 0.6) is 0 Å². The minimum atomic E-state index is 0.579. The summed E-state index contributed by atoms with van der Waals surface area (Å²) in [6, 6.07) is 8.65. The number of hydrogen-bond acceptors (Lipinski definition) is 3. The van der Waals surface area contributed by atoms with Gasteiger partial charge in [0.05, 0.1) is 6.61 Å². The zero-order valence-corrected chi connectivity index (χ0v) is 9.86. The first-order chi connectivity index (χ1) is 7.85. The van der Waals surface area contributed by atoms with Gasteiger partial charge in [0.2, 0.25) is 0 Å². The van der Waals surface area contributed by atoms with Crippen LogP contribution in [0.15, 0.2) is 24.3 Å². The summed E-state index contributed by atoms with van der Waals surface area (Å²) in [4.78, 5) is 7.19. The topological polar surface area (TPSA) is 38.5 Å². The maximum Gasteiger partial charge on any atom is 0.0724 e. The fraction of sp³-hybridized carbons (Fsp3) is 0.538. The van der Waals surface area contributed by atoms with E-state index in [0.29, 0.717) is 12.5 Å². The fourth-order valence-electron chi connectivity index (χ4n) is 2.44. The van der Waals surface area contributed by atoms with Crippen LogP contribution >= 0.6 is 0 Å². The number of benzene rings is 1. The van der Waals surface area contributed by atoms with E-state index in [0.717, 1.165) is 19.5 Å². The molecule has 1 aromatic carbocycles. The highest BCUT2D eigenvalue weighted by Gasteiger charge is 2.23. The largest absolute Gasteiger partial charge is 0.371 e. The fourth-order valence-corrected chi connectivity index (χ4v) is 2.44. The molecule has 88 valence electrons. The Morgan fingerprint density at radius 3 is 3.00 bits per heavy atom. The molecular formula is C13H20N2O. The molecule has 1 heterocycles. The molecule has 1 aliphatic rings. The smallest absolute Gasteiger partial charge is 0.0724 e. The maximum absolute atomic E-state index is 5.13. The third-order valence-electron chi connectivity index (χ3n) is 3.33. The van der Waals surface area contributed by atoms with E-state index >= 15 is 0 Å². The Hall–Kier alpha value is -1.06. The molecule has 0 spiro atoms. The molecular weight excluding hydrogens is 200 g/mol. The van der Waals surface area contributed by atoms with Crippen molar-refractivity contribution in [3.8, 4) is 0 Å². The Kier molecular flexibility index (Phi) is 3.80. The predicted molar refractivity (Wildman–Crippen MR) is 66.3 cm³/mol. The van der Waals surface area contributed by atoms with E-state index in [1.807, 2.05) is 0 Å². The molecule has 0 aromatic heterocycles. The molecule has 3 nitrogen and oxygen atoms in total. The minimum absolute atomic E-state index is 0.579. The molecule has 0 bridgehead atoms. The lowest BCUT2D eigenvalue weighted by atomic mass is 10.1. The third kappa shape index (κ3) is 2.36. The molecule has 16 heavy (non-hydrogen) atoms. The van der Waals surface area contributed by atoms with Gasteiger partial charge in [-0.2, -0.15) is 0 Å². The number of nitrogens with two attached hydrogens (primary N) is 1. The molecule has 2 rings (SSSR count). The second-order valence-electron chi connectivity index (χ2n) is 4.42. The van der Waals surface area contributed by atoms with Gasteiger partial charge in [-0.3, -0.25) is 0 Å². The summed E-state index contributed by atoms with van der Waals surface area (Å²) in [7, 11) is 0. The van der Waals surface area contributed by atoms with Crippen LogP contribution in [-0.4, -0.2) is 19.7 Å². The van der Waals surface area contributed by atoms with Gasteiger partial charge in [0, 0.05) is 24.7 Å². The maximum atomic E-state index is 5.13. The molecule has 0 saturated carbocycles. The second kappa shape index (κ2) is 5.32. The van der Waals surface area contributed by atoms with Crippen LogP contribution in [0.2, 0.25) is 0 Å². The minimum Gasteiger partial charge on any atom is -0.371 e. The number of para-hydroxylation sites is 1. The van der Waals surface area contributed by atoms with Crippen molar-refractivity contribution in [2.45, 2.75) is 19.8 Å². The SMILES string of the molecule is CCc1ccccc1N1CCC(CON)C1. The quantitative estimate of drug-likeness (QED) is 0.788. The molecule has 1 aliphatic heterocycles. The van der Waals surface area contributed by atoms with E-state index in [4.69, 9.17) is 10.7 Å². The van der Waals surface area contributed by atoms with Gasteiger partial charge in [-0.25, -0.2) is 5.90 Å². The molecule has 2 N–H and O–H groups in total. The summed E-state index contributed by atoms with van der Waals surface area (Å²) in [6.07, 6.45) is 2.26. The van der Waals surface area contributed by atoms with Crippen LogP contribution < -0.4 is 10.8 Å². The molecule has 0 amide bonds. The summed E-state index contributed by atoms with van der Waals surface area (Å²) in [5.41, 5.74) is 2.81. The Balaban J connectivity index is 2.08. The Morgan fingerprint density at radius 2 is 2.25 bits per heavy atom. The number of anilines is 1. The average molecular weight is 220 g/mol. The molecule has 1 unspecified atom stereocenters. The van der Waals surface area contributed by atoms with Gasteiger partial charge in [0.25, 0.3) is 0 Å². The standard InChI is InChI=1S/C13H20N2O/c1-2-12-5-3-4-6-13(12)15-8-7-11(9-15)10-16-14/h3-6,11H,2,7-10,14H2,1H3. The Morgan fingerprint density at radius 1 is 1.44 bits per heavy atom. The van der Waals surface area contributed by atoms with Gasteiger partial charge in [0.1, 0.15) is 0 Å². The van der Waals surface area contributed by atoms with Crippen LogP contribution in [0.25, 0.3) is 0 Å². The van der Waals surface area contributed by atoms with E-state index < -0.39 is 0 Å². The summed E-state index contributed by atoms with van der Waals surface area (Å²) in [5.74, 6) is 5.71. The third-order valence-corrected chi connectivity index (χ3v) is 3.33. The lowest BCUT2D eigenvalue weighted by molar-refractivity contribution is 0.108. The van der Waals surface area contributed by atoms with Crippen LogP contribution in [0.4, 0.5) is 5.69 Å². The zero-order chi connectivity index (χ0) is 11.4. The summed E-state index contributed by atoms with van der Waals surface area (Å²) in [6.45, 7) is 5.05. The summed E-state index contributed by atoms with van der Waals surface area (Å²) in [5, 5.41) is 0. The highest BCUT2D eigenvalue weighted by molar-refractivity contribution is 5.54. The van der Waals surface area contributed by atoms with Crippen LogP contribution in [0.1, 0.15) is 18.9 Å². The zero-order valence-electron chi connectivity index (χ0n) is 9.86. The van der Waals surface area contributed by atoms with Crippen molar-refractivity contribution in [2.24, 2.45) is 11.8 Å². The predicted octanol–water partition coefficient (Wildman–Crippen LogP) is 1.97. The van der Waals surface area contributed by atoms with Crippen LogP contribution in [-0.2, 0) is 11.3 Å². The first-order valence-electron chi connectivity index (χ1n) is 5.99. The van der Waals surface area contributed by atoms with Crippen LogP contribution in [0.3, 0.4) is 0 Å². The number of nitrogens with zero attached hydrogens (tertiary/aromatic N) is 1. The second-order valence-corrected chi connectivity index (χ2v) is 4.42. The van der Waals surface area contributed by atoms with Gasteiger partial charge in [-0.1, -0.05) is 25.1 Å². The number of rotatable bonds is 4. The van der Waals surface area contributed by atoms with Crippen LogP contribution in [0, 0.1) is 5.92 Å². The van der Waals surface area contributed by atoms with Gasteiger partial charge < -0.3 is 9.74 Å². The van der Waals surface area contributed by atoms with E-state index in [1.165, 1.54) is 17.7 Å². The van der Waals surface area contributed by atoms with Crippen molar-refractivity contribution in [1.29, 1.82) is 0 Å². The molecule has 1 aromatic rings. The number of hydrogen-bond donors (Lipinski definition) is 1. The summed E-state index contributed by atoms with van der Waals surface area (Å²) >= 11 is 0. The highest BCUT2D eigenvalue weighted by atomic mass is 16.6. The van der Waals surface area contributed by atoms with Crippen molar-refractivity contribution in [1.82, 2.24) is 0 Å². The summed E-state index contributed by atoms with van der Waals surface area (Å²) < 4.78 is 0. The van der Waals surface area contributed by atoms with E-state index in [2.05, 4.69) is 36.1 Å². The van der Waals surface area contributed by atoms with Crippen molar-refractivity contribution < 1.29 is 4.84 Å².